The van der Waals surface area contributed by atoms with Crippen molar-refractivity contribution in [1.29, 1.82) is 0 Å². The molecule has 194 valence electrons. The van der Waals surface area contributed by atoms with Gasteiger partial charge in [0.2, 0.25) is 0 Å². The van der Waals surface area contributed by atoms with Crippen LogP contribution in [0, 0.1) is 6.92 Å². The lowest BCUT2D eigenvalue weighted by atomic mass is 9.81. The average molecular weight is 505 g/mol. The third-order valence-corrected chi connectivity index (χ3v) is 8.45. The minimum Gasteiger partial charge on any atom is -0.492 e. The molecule has 1 heterocycles. The van der Waals surface area contributed by atoms with Crippen molar-refractivity contribution in [3.63, 3.8) is 0 Å². The van der Waals surface area contributed by atoms with Gasteiger partial charge in [-0.2, -0.15) is 0 Å². The second-order valence-electron chi connectivity index (χ2n) is 11.6. The van der Waals surface area contributed by atoms with Crippen LogP contribution < -0.4 is 10.1 Å². The predicted molar refractivity (Wildman–Crippen MR) is 153 cm³/mol. The number of ether oxygens (including phenoxy) is 1. The summed E-state index contributed by atoms with van der Waals surface area (Å²) in [4.78, 5) is 16.1. The van der Waals surface area contributed by atoms with Crippen LogP contribution >= 0.6 is 0 Å². The molecule has 1 saturated heterocycles. The number of carbonyl (C=O) groups is 1. The summed E-state index contributed by atoms with van der Waals surface area (Å²) in [6.45, 7) is 8.11. The minimum absolute atomic E-state index is 0.0335. The molecular weight excluding hydrogens is 468 g/mol. The van der Waals surface area contributed by atoms with E-state index >= 15 is 0 Å². The number of aryl methyl sites for hydroxylation is 1. The van der Waals surface area contributed by atoms with E-state index in [1.165, 1.54) is 21.9 Å². The van der Waals surface area contributed by atoms with Crippen molar-refractivity contribution in [2.24, 2.45) is 0 Å². The molecule has 4 heteroatoms. The maximum absolute atomic E-state index is 13.6. The molecule has 0 radical (unpaired) electrons. The van der Waals surface area contributed by atoms with Gasteiger partial charge in [-0.15, -0.1) is 0 Å². The van der Waals surface area contributed by atoms with Gasteiger partial charge in [-0.05, 0) is 79.6 Å². The molecule has 1 aliphatic carbocycles. The fraction of sp³-hybridized carbons (Fsp3) is 0.324. The third kappa shape index (κ3) is 4.69. The third-order valence-electron chi connectivity index (χ3n) is 8.45. The number of likely N-dealkylation sites (tertiary alicyclic amines) is 1. The Morgan fingerprint density at radius 2 is 1.68 bits per heavy atom. The number of fused-ring (bicyclic) bond motifs is 1. The second kappa shape index (κ2) is 9.59. The first-order valence-corrected chi connectivity index (χ1v) is 13.7. The Morgan fingerprint density at radius 3 is 2.45 bits per heavy atom. The predicted octanol–water partition coefficient (Wildman–Crippen LogP) is 7.00. The lowest BCUT2D eigenvalue weighted by Gasteiger charge is -2.55. The number of hydrogen-bond donors (Lipinski definition) is 1. The van der Waals surface area contributed by atoms with Gasteiger partial charge in [-0.3, -0.25) is 9.69 Å². The zero-order valence-electron chi connectivity index (χ0n) is 22.5. The number of rotatable bonds is 8. The number of nitrogens with one attached hydrogen (secondary N) is 1. The molecule has 6 rings (SSSR count). The number of carbonyl (C=O) groups excluding carboxylic acids is 1. The van der Waals surface area contributed by atoms with E-state index < -0.39 is 0 Å². The normalized spacial score (nSPS) is 19.5. The van der Waals surface area contributed by atoms with Crippen molar-refractivity contribution in [2.45, 2.75) is 63.7 Å². The van der Waals surface area contributed by atoms with E-state index in [-0.39, 0.29) is 17.0 Å². The molecule has 1 aliphatic heterocycles. The van der Waals surface area contributed by atoms with E-state index in [0.29, 0.717) is 18.2 Å². The summed E-state index contributed by atoms with van der Waals surface area (Å²) in [5.41, 5.74) is 4.03. The summed E-state index contributed by atoms with van der Waals surface area (Å²) < 4.78 is 6.28. The van der Waals surface area contributed by atoms with Crippen LogP contribution in [0.5, 0.6) is 5.75 Å². The number of hydrogen-bond acceptors (Lipinski definition) is 3. The van der Waals surface area contributed by atoms with E-state index in [1.807, 2.05) is 25.1 Å². The summed E-state index contributed by atoms with van der Waals surface area (Å²) in [6.07, 6.45) is 3.00. The quantitative estimate of drug-likeness (QED) is 0.281. The van der Waals surface area contributed by atoms with Crippen molar-refractivity contribution < 1.29 is 9.53 Å². The van der Waals surface area contributed by atoms with E-state index in [1.54, 1.807) is 0 Å². The smallest absolute Gasteiger partial charge is 0.252 e. The van der Waals surface area contributed by atoms with Gasteiger partial charge in [-0.1, -0.05) is 78.9 Å². The Bertz CT molecular complexity index is 1470. The molecule has 38 heavy (non-hydrogen) atoms. The topological polar surface area (TPSA) is 41.6 Å². The van der Waals surface area contributed by atoms with Crippen LogP contribution in [0.3, 0.4) is 0 Å². The zero-order valence-corrected chi connectivity index (χ0v) is 22.5. The lowest BCUT2D eigenvalue weighted by Crippen LogP contribution is -2.63. The Balaban J connectivity index is 1.15. The van der Waals surface area contributed by atoms with Gasteiger partial charge in [0.05, 0.1) is 5.54 Å². The van der Waals surface area contributed by atoms with Crippen molar-refractivity contribution in [3.05, 3.63) is 113 Å². The van der Waals surface area contributed by atoms with Gasteiger partial charge in [0, 0.05) is 23.7 Å². The molecule has 0 bridgehead atoms. The summed E-state index contributed by atoms with van der Waals surface area (Å²) in [5, 5.41) is 5.81. The van der Waals surface area contributed by atoms with Crippen molar-refractivity contribution >= 4 is 16.7 Å². The Morgan fingerprint density at radius 1 is 0.947 bits per heavy atom. The molecule has 1 N–H and O–H groups in total. The summed E-state index contributed by atoms with van der Waals surface area (Å²) in [6, 6.07) is 31.6. The molecule has 1 amide bonds. The van der Waals surface area contributed by atoms with Gasteiger partial charge in [0.15, 0.2) is 0 Å². The van der Waals surface area contributed by atoms with E-state index in [0.717, 1.165) is 37.1 Å². The van der Waals surface area contributed by atoms with E-state index in [9.17, 15) is 4.79 Å². The van der Waals surface area contributed by atoms with Crippen molar-refractivity contribution in [3.8, 4) is 5.75 Å². The summed E-state index contributed by atoms with van der Waals surface area (Å²) in [5.74, 6) is 0.717. The molecule has 1 saturated carbocycles. The van der Waals surface area contributed by atoms with Crippen molar-refractivity contribution in [1.82, 2.24) is 10.2 Å². The SMILES string of the molecule is Cc1ccc(OCC2CC(C)(C)N2Cc2ccccc2)cc1C(=O)NC1(c2cccc3ccccc23)CC1. The fourth-order valence-electron chi connectivity index (χ4n) is 6.10. The maximum Gasteiger partial charge on any atom is 0.252 e. The highest BCUT2D eigenvalue weighted by Gasteiger charge is 2.47. The Kier molecular flexibility index (Phi) is 6.23. The van der Waals surface area contributed by atoms with E-state index in [2.05, 4.69) is 96.9 Å². The molecule has 2 aliphatic rings. The first-order valence-electron chi connectivity index (χ1n) is 13.7. The van der Waals surface area contributed by atoms with Gasteiger partial charge in [0.25, 0.3) is 5.91 Å². The van der Waals surface area contributed by atoms with Crippen molar-refractivity contribution in [2.75, 3.05) is 6.61 Å². The van der Waals surface area contributed by atoms with Crippen LogP contribution in [0.25, 0.3) is 10.8 Å². The average Bonchev–Trinajstić information content (AvgIpc) is 3.71. The first kappa shape index (κ1) is 24.7. The molecule has 4 aromatic carbocycles. The minimum atomic E-state index is -0.295. The van der Waals surface area contributed by atoms with Gasteiger partial charge >= 0.3 is 0 Å². The largest absolute Gasteiger partial charge is 0.492 e. The van der Waals surface area contributed by atoms with Crippen LogP contribution in [0.15, 0.2) is 91.0 Å². The highest BCUT2D eigenvalue weighted by Crippen LogP contribution is 2.48. The summed E-state index contributed by atoms with van der Waals surface area (Å²) >= 11 is 0. The molecule has 4 nitrogen and oxygen atoms in total. The maximum atomic E-state index is 13.6. The van der Waals surface area contributed by atoms with Crippen LogP contribution in [0.1, 0.15) is 60.2 Å². The second-order valence-corrected chi connectivity index (χ2v) is 11.6. The van der Waals surface area contributed by atoms with Crippen LogP contribution in [-0.4, -0.2) is 29.0 Å². The number of amides is 1. The number of benzene rings is 4. The molecular formula is C34H36N2O2. The molecule has 1 atom stereocenters. The van der Waals surface area contributed by atoms with Gasteiger partial charge < -0.3 is 10.1 Å². The molecule has 4 aromatic rings. The monoisotopic (exact) mass is 504 g/mol. The standard InChI is InChI=1S/C34H36N2O2/c1-24-16-17-28(38-23-27-21-33(2,3)36(27)22-25-10-5-4-6-11-25)20-30(24)32(37)35-34(18-19-34)31-15-9-13-26-12-7-8-14-29(26)31/h4-17,20,27H,18-19,21-23H2,1-3H3,(H,35,37). The van der Waals surface area contributed by atoms with E-state index in [4.69, 9.17) is 4.74 Å². The summed E-state index contributed by atoms with van der Waals surface area (Å²) in [7, 11) is 0. The van der Waals surface area contributed by atoms with Crippen LogP contribution in [-0.2, 0) is 12.1 Å². The molecule has 2 fully saturated rings. The molecule has 1 unspecified atom stereocenters. The lowest BCUT2D eigenvalue weighted by molar-refractivity contribution is -0.0745. The highest BCUT2D eigenvalue weighted by molar-refractivity contribution is 5.97. The Labute approximate surface area is 225 Å². The Hall–Kier alpha value is -3.63. The molecule has 0 spiro atoms. The first-order chi connectivity index (χ1) is 18.3. The van der Waals surface area contributed by atoms with Gasteiger partial charge in [0.1, 0.15) is 12.4 Å². The number of nitrogens with zero attached hydrogens (tertiary/aromatic N) is 1. The molecule has 0 aromatic heterocycles. The van der Waals surface area contributed by atoms with Gasteiger partial charge in [-0.25, -0.2) is 0 Å². The zero-order chi connectivity index (χ0) is 26.3. The highest BCUT2D eigenvalue weighted by atomic mass is 16.5. The van der Waals surface area contributed by atoms with Crippen LogP contribution in [0.4, 0.5) is 0 Å². The van der Waals surface area contributed by atoms with Crippen LogP contribution in [0.2, 0.25) is 0 Å². The fourth-order valence-corrected chi connectivity index (χ4v) is 6.10.